The molecule has 1 aromatic heterocycles. The van der Waals surface area contributed by atoms with Gasteiger partial charge in [-0.25, -0.2) is 13.2 Å². The first-order valence-electron chi connectivity index (χ1n) is 6.60. The summed E-state index contributed by atoms with van der Waals surface area (Å²) in [6.07, 6.45) is 0. The molecular weight excluding hydrogens is 330 g/mol. The van der Waals surface area contributed by atoms with Crippen LogP contribution in [0.2, 0.25) is 0 Å². The third-order valence-electron chi connectivity index (χ3n) is 3.68. The minimum Gasteiger partial charge on any atom is -0.465 e. The van der Waals surface area contributed by atoms with Crippen molar-refractivity contribution < 1.29 is 17.9 Å². The lowest BCUT2D eigenvalue weighted by atomic mass is 10.2. The van der Waals surface area contributed by atoms with Gasteiger partial charge in [-0.15, -0.1) is 11.3 Å². The van der Waals surface area contributed by atoms with Gasteiger partial charge < -0.3 is 4.74 Å². The first-order valence-corrected chi connectivity index (χ1v) is 9.97. The highest BCUT2D eigenvalue weighted by atomic mass is 32.2. The molecule has 1 saturated heterocycles. The van der Waals surface area contributed by atoms with E-state index in [2.05, 4.69) is 0 Å². The summed E-state index contributed by atoms with van der Waals surface area (Å²) in [5, 5.41) is 1.92. The van der Waals surface area contributed by atoms with E-state index >= 15 is 0 Å². The predicted molar refractivity (Wildman–Crippen MR) is 85.7 cm³/mol. The second kappa shape index (κ2) is 6.28. The largest absolute Gasteiger partial charge is 0.465 e. The van der Waals surface area contributed by atoms with Gasteiger partial charge in [0, 0.05) is 23.6 Å². The molecule has 0 bridgehead atoms. The summed E-state index contributed by atoms with van der Waals surface area (Å²) in [5.74, 6) is 0.167. The fraction of sp³-hybridized carbons (Fsp3) is 0.615. The van der Waals surface area contributed by atoms with E-state index in [1.807, 2.05) is 13.8 Å². The number of carbonyl (C=O) groups excluding carboxylic acids is 1. The van der Waals surface area contributed by atoms with Gasteiger partial charge in [0.15, 0.2) is 0 Å². The molecule has 5 nitrogen and oxygen atoms in total. The van der Waals surface area contributed by atoms with Crippen LogP contribution in [-0.2, 0) is 14.8 Å². The van der Waals surface area contributed by atoms with Crippen molar-refractivity contribution >= 4 is 39.1 Å². The van der Waals surface area contributed by atoms with Gasteiger partial charge in [-0.2, -0.15) is 16.1 Å². The second-order valence-corrected chi connectivity index (χ2v) is 9.19. The van der Waals surface area contributed by atoms with Crippen molar-refractivity contribution in [2.24, 2.45) is 0 Å². The maximum atomic E-state index is 13.0. The molecule has 0 N–H and O–H groups in total. The van der Waals surface area contributed by atoms with Crippen LogP contribution in [0.5, 0.6) is 0 Å². The normalized spacial score (nSPS) is 24.0. The van der Waals surface area contributed by atoms with E-state index in [4.69, 9.17) is 4.74 Å². The van der Waals surface area contributed by atoms with Gasteiger partial charge in [0.05, 0.1) is 7.11 Å². The van der Waals surface area contributed by atoms with Gasteiger partial charge in [0.2, 0.25) is 10.0 Å². The molecule has 2 unspecified atom stereocenters. The van der Waals surface area contributed by atoms with Gasteiger partial charge in [0.1, 0.15) is 9.77 Å². The van der Waals surface area contributed by atoms with E-state index in [1.165, 1.54) is 11.4 Å². The third kappa shape index (κ3) is 2.99. The quantitative estimate of drug-likeness (QED) is 0.784. The molecule has 0 saturated carbocycles. The topological polar surface area (TPSA) is 63.7 Å². The van der Waals surface area contributed by atoms with E-state index in [-0.39, 0.29) is 21.1 Å². The Morgan fingerprint density at radius 2 is 2.10 bits per heavy atom. The number of aryl methyl sites for hydroxylation is 1. The Labute approximate surface area is 133 Å². The molecule has 1 aromatic rings. The van der Waals surface area contributed by atoms with Crippen molar-refractivity contribution in [3.8, 4) is 0 Å². The van der Waals surface area contributed by atoms with Crippen LogP contribution in [-0.4, -0.2) is 49.4 Å². The van der Waals surface area contributed by atoms with Crippen molar-refractivity contribution in [2.45, 2.75) is 37.0 Å². The molecule has 2 heterocycles. The maximum absolute atomic E-state index is 13.0. The number of hydrogen-bond acceptors (Lipinski definition) is 6. The fourth-order valence-corrected chi connectivity index (χ4v) is 7.01. The molecular formula is C13H19NO4S3. The predicted octanol–water partition coefficient (Wildman–Crippen LogP) is 2.36. The highest BCUT2D eigenvalue weighted by Gasteiger charge is 2.38. The highest BCUT2D eigenvalue weighted by Crippen LogP contribution is 2.34. The lowest BCUT2D eigenvalue weighted by Crippen LogP contribution is -2.48. The smallest absolute Gasteiger partial charge is 0.349 e. The highest BCUT2D eigenvalue weighted by molar-refractivity contribution is 8.00. The van der Waals surface area contributed by atoms with Crippen molar-refractivity contribution in [1.29, 1.82) is 0 Å². The standard InChI is InChI=1S/C13H19NO4S3/c1-8-7-20-11(13(15)18-4)12(8)21(16,17)14-5-6-19-10(3)9(14)2/h7,9-10H,5-6H2,1-4H3. The third-order valence-corrected chi connectivity index (χ3v) is 8.40. The fourth-order valence-electron chi connectivity index (χ4n) is 2.35. The molecule has 1 aliphatic rings. The number of hydrogen-bond donors (Lipinski definition) is 0. The number of carbonyl (C=O) groups is 1. The van der Waals surface area contributed by atoms with Crippen LogP contribution in [0.1, 0.15) is 29.1 Å². The van der Waals surface area contributed by atoms with Crippen LogP contribution in [0, 0.1) is 6.92 Å². The molecule has 118 valence electrons. The number of thioether (sulfide) groups is 1. The Balaban J connectivity index is 2.49. The Bertz CT molecular complexity index is 638. The first kappa shape index (κ1) is 16.8. The van der Waals surface area contributed by atoms with Gasteiger partial charge in [-0.05, 0) is 24.8 Å². The number of nitrogens with zero attached hydrogens (tertiary/aromatic N) is 1. The maximum Gasteiger partial charge on any atom is 0.349 e. The summed E-state index contributed by atoms with van der Waals surface area (Å²) in [5.41, 5.74) is 0.596. The molecule has 2 atom stereocenters. The first-order chi connectivity index (χ1) is 9.80. The number of methoxy groups -OCH3 is 1. The summed E-state index contributed by atoms with van der Waals surface area (Å²) in [7, 11) is -2.43. The lowest BCUT2D eigenvalue weighted by Gasteiger charge is -2.36. The average molecular weight is 349 g/mol. The summed E-state index contributed by atoms with van der Waals surface area (Å²) in [4.78, 5) is 12.1. The average Bonchev–Trinajstić information content (AvgIpc) is 2.83. The Kier molecular flexibility index (Phi) is 5.02. The van der Waals surface area contributed by atoms with Gasteiger partial charge >= 0.3 is 5.97 Å². The Hall–Kier alpha value is -0.570. The Morgan fingerprint density at radius 1 is 1.43 bits per heavy atom. The van der Waals surface area contributed by atoms with Crippen LogP contribution in [0.3, 0.4) is 0 Å². The van der Waals surface area contributed by atoms with E-state index in [9.17, 15) is 13.2 Å². The summed E-state index contributed by atoms with van der Waals surface area (Å²) < 4.78 is 32.2. The van der Waals surface area contributed by atoms with Crippen molar-refractivity contribution in [3.63, 3.8) is 0 Å². The zero-order valence-electron chi connectivity index (χ0n) is 12.5. The minimum atomic E-state index is -3.69. The van der Waals surface area contributed by atoms with Crippen LogP contribution in [0.25, 0.3) is 0 Å². The van der Waals surface area contributed by atoms with Gasteiger partial charge in [-0.3, -0.25) is 0 Å². The zero-order chi connectivity index (χ0) is 15.8. The van der Waals surface area contributed by atoms with E-state index in [0.29, 0.717) is 12.1 Å². The van der Waals surface area contributed by atoms with E-state index in [1.54, 1.807) is 24.1 Å². The molecule has 2 rings (SSSR count). The molecule has 21 heavy (non-hydrogen) atoms. The van der Waals surface area contributed by atoms with Crippen LogP contribution >= 0.6 is 23.1 Å². The molecule has 0 amide bonds. The number of thiophene rings is 1. The second-order valence-electron chi connectivity index (χ2n) is 5.00. The van der Waals surface area contributed by atoms with Crippen LogP contribution in [0.4, 0.5) is 0 Å². The number of ether oxygens (including phenoxy) is 1. The van der Waals surface area contributed by atoms with E-state index in [0.717, 1.165) is 17.1 Å². The monoisotopic (exact) mass is 349 g/mol. The van der Waals surface area contributed by atoms with Crippen molar-refractivity contribution in [1.82, 2.24) is 4.31 Å². The minimum absolute atomic E-state index is 0.0986. The van der Waals surface area contributed by atoms with Crippen molar-refractivity contribution in [3.05, 3.63) is 15.8 Å². The summed E-state index contributed by atoms with van der Waals surface area (Å²) in [6.45, 7) is 6.11. The molecule has 0 radical (unpaired) electrons. The van der Waals surface area contributed by atoms with Gasteiger partial charge in [-0.1, -0.05) is 6.92 Å². The lowest BCUT2D eigenvalue weighted by molar-refractivity contribution is 0.0602. The number of sulfonamides is 1. The van der Waals surface area contributed by atoms with Crippen LogP contribution < -0.4 is 0 Å². The number of rotatable bonds is 3. The molecule has 0 aliphatic carbocycles. The Morgan fingerprint density at radius 3 is 2.71 bits per heavy atom. The molecule has 0 aromatic carbocycles. The SMILES string of the molecule is COC(=O)c1scc(C)c1S(=O)(=O)N1CCSC(C)C1C. The van der Waals surface area contributed by atoms with E-state index < -0.39 is 16.0 Å². The molecule has 8 heteroatoms. The van der Waals surface area contributed by atoms with Crippen LogP contribution in [0.15, 0.2) is 10.3 Å². The van der Waals surface area contributed by atoms with Crippen molar-refractivity contribution in [2.75, 3.05) is 19.4 Å². The molecule has 1 aliphatic heterocycles. The summed E-state index contributed by atoms with van der Waals surface area (Å²) in [6, 6.07) is -0.0986. The number of esters is 1. The molecule has 1 fully saturated rings. The molecule has 0 spiro atoms. The summed E-state index contributed by atoms with van der Waals surface area (Å²) >= 11 is 2.88. The zero-order valence-corrected chi connectivity index (χ0v) is 14.9. The van der Waals surface area contributed by atoms with Gasteiger partial charge in [0.25, 0.3) is 0 Å².